The Bertz CT molecular complexity index is 499. The predicted octanol–water partition coefficient (Wildman–Crippen LogP) is 0.626. The molecule has 1 rings (SSSR count). The summed E-state index contributed by atoms with van der Waals surface area (Å²) in [5.41, 5.74) is 0.573. The third-order valence-electron chi connectivity index (χ3n) is 2.00. The van der Waals surface area contributed by atoms with Crippen molar-refractivity contribution in [1.29, 1.82) is 0 Å². The van der Waals surface area contributed by atoms with Crippen molar-refractivity contribution in [2.24, 2.45) is 0 Å². The van der Waals surface area contributed by atoms with Gasteiger partial charge in [-0.3, -0.25) is 0 Å². The molecule has 0 aliphatic heterocycles. The van der Waals surface area contributed by atoms with Gasteiger partial charge < -0.3 is 10.4 Å². The number of carboxylic acids is 1. The van der Waals surface area contributed by atoms with Crippen LogP contribution in [0.5, 0.6) is 0 Å². The van der Waals surface area contributed by atoms with Gasteiger partial charge in [0, 0.05) is 24.7 Å². The molecule has 0 atom stereocenters. The second-order valence-corrected chi connectivity index (χ2v) is 5.90. The average molecular weight is 258 g/mol. The second kappa shape index (κ2) is 5.62. The zero-order valence-electron chi connectivity index (χ0n) is 9.38. The zero-order chi connectivity index (χ0) is 12.9. The van der Waals surface area contributed by atoms with Crippen molar-refractivity contribution in [1.82, 2.24) is 4.98 Å². The number of pyridine rings is 1. The maximum atomic E-state index is 10.9. The molecule has 0 unspecified atom stereocenters. The molecule has 0 aromatic carbocycles. The summed E-state index contributed by atoms with van der Waals surface area (Å²) in [6.45, 7) is 0.468. The number of carbonyl (C=O) groups is 1. The highest BCUT2D eigenvalue weighted by Gasteiger charge is 2.05. The van der Waals surface area contributed by atoms with Gasteiger partial charge in [-0.15, -0.1) is 0 Å². The van der Waals surface area contributed by atoms with Gasteiger partial charge in [0.25, 0.3) is 0 Å². The Balaban J connectivity index is 2.47. The van der Waals surface area contributed by atoms with E-state index in [0.29, 0.717) is 18.7 Å². The summed E-state index contributed by atoms with van der Waals surface area (Å²) in [5.74, 6) is -0.985. The van der Waals surface area contributed by atoms with E-state index in [1.807, 2.05) is 0 Å². The van der Waals surface area contributed by atoms with Gasteiger partial charge in [-0.2, -0.15) is 0 Å². The minimum atomic E-state index is -2.95. The van der Waals surface area contributed by atoms with Crippen molar-refractivity contribution in [2.45, 2.75) is 6.42 Å². The Morgan fingerprint density at radius 2 is 2.24 bits per heavy atom. The normalized spacial score (nSPS) is 11.1. The quantitative estimate of drug-likeness (QED) is 0.726. The van der Waals surface area contributed by atoms with Crippen LogP contribution in [0.4, 0.5) is 5.69 Å². The summed E-state index contributed by atoms with van der Waals surface area (Å²) in [6.07, 6.45) is 3.05. The topological polar surface area (TPSA) is 96.4 Å². The van der Waals surface area contributed by atoms with Crippen LogP contribution in [0.3, 0.4) is 0 Å². The summed E-state index contributed by atoms with van der Waals surface area (Å²) in [4.78, 5) is 14.3. The number of rotatable bonds is 6. The number of anilines is 1. The van der Waals surface area contributed by atoms with Crippen LogP contribution >= 0.6 is 0 Å². The largest absolute Gasteiger partial charge is 0.477 e. The van der Waals surface area contributed by atoms with E-state index in [4.69, 9.17) is 5.11 Å². The summed E-state index contributed by atoms with van der Waals surface area (Å²) in [5, 5.41) is 11.7. The lowest BCUT2D eigenvalue weighted by atomic mass is 10.3. The number of nitrogens with zero attached hydrogens (tertiary/aromatic N) is 1. The summed E-state index contributed by atoms with van der Waals surface area (Å²) < 4.78 is 21.7. The molecule has 0 spiro atoms. The third kappa shape index (κ3) is 5.30. The minimum Gasteiger partial charge on any atom is -0.477 e. The highest BCUT2D eigenvalue weighted by Crippen LogP contribution is 2.07. The Morgan fingerprint density at radius 3 is 2.82 bits per heavy atom. The standard InChI is InChI=1S/C10H14N2O4S/c1-17(15,16)6-2-4-11-8-3-5-12-9(7-8)10(13)14/h3,5,7H,2,4,6H2,1H3,(H,11,12)(H,13,14). The van der Waals surface area contributed by atoms with Crippen LogP contribution in [0.2, 0.25) is 0 Å². The van der Waals surface area contributed by atoms with Crippen molar-refractivity contribution >= 4 is 21.5 Å². The average Bonchev–Trinajstić information content (AvgIpc) is 2.23. The SMILES string of the molecule is CS(=O)(=O)CCCNc1ccnc(C(=O)O)c1. The fourth-order valence-electron chi connectivity index (χ4n) is 1.22. The molecular formula is C10H14N2O4S. The van der Waals surface area contributed by atoms with E-state index in [1.54, 1.807) is 6.07 Å². The Kier molecular flexibility index (Phi) is 4.45. The molecule has 2 N–H and O–H groups in total. The van der Waals surface area contributed by atoms with E-state index in [-0.39, 0.29) is 11.4 Å². The van der Waals surface area contributed by atoms with Gasteiger partial charge in [-0.25, -0.2) is 18.2 Å². The van der Waals surface area contributed by atoms with Crippen molar-refractivity contribution < 1.29 is 18.3 Å². The summed E-state index contributed by atoms with van der Waals surface area (Å²) >= 11 is 0. The van der Waals surface area contributed by atoms with Crippen LogP contribution in [0, 0.1) is 0 Å². The van der Waals surface area contributed by atoms with Gasteiger partial charge in [0.05, 0.1) is 5.75 Å². The van der Waals surface area contributed by atoms with Crippen LogP contribution in [0.25, 0.3) is 0 Å². The fourth-order valence-corrected chi connectivity index (χ4v) is 1.89. The van der Waals surface area contributed by atoms with Crippen LogP contribution in [0.1, 0.15) is 16.9 Å². The van der Waals surface area contributed by atoms with E-state index in [1.165, 1.54) is 18.5 Å². The molecule has 0 aliphatic rings. The van der Waals surface area contributed by atoms with E-state index in [2.05, 4.69) is 10.3 Å². The molecule has 7 heteroatoms. The molecule has 94 valence electrons. The molecule has 0 fully saturated rings. The first-order valence-electron chi connectivity index (χ1n) is 4.99. The summed E-state index contributed by atoms with van der Waals surface area (Å²) in [7, 11) is -2.95. The highest BCUT2D eigenvalue weighted by molar-refractivity contribution is 7.90. The van der Waals surface area contributed by atoms with Gasteiger partial charge in [0.1, 0.15) is 15.5 Å². The highest BCUT2D eigenvalue weighted by atomic mass is 32.2. The number of aromatic nitrogens is 1. The zero-order valence-corrected chi connectivity index (χ0v) is 10.2. The van der Waals surface area contributed by atoms with E-state index >= 15 is 0 Å². The number of nitrogens with one attached hydrogen (secondary N) is 1. The second-order valence-electron chi connectivity index (χ2n) is 3.65. The molecule has 0 aliphatic carbocycles. The fraction of sp³-hybridized carbons (Fsp3) is 0.400. The van der Waals surface area contributed by atoms with E-state index in [0.717, 1.165) is 0 Å². The first-order chi connectivity index (χ1) is 7.88. The molecule has 1 aromatic rings. The van der Waals surface area contributed by atoms with Crippen molar-refractivity contribution in [2.75, 3.05) is 23.9 Å². The first kappa shape index (κ1) is 13.4. The molecule has 0 amide bonds. The molecule has 0 radical (unpaired) electrons. The molecule has 0 saturated carbocycles. The smallest absolute Gasteiger partial charge is 0.354 e. The van der Waals surface area contributed by atoms with Gasteiger partial charge in [0.2, 0.25) is 0 Å². The maximum absolute atomic E-state index is 10.9. The first-order valence-corrected chi connectivity index (χ1v) is 7.05. The minimum absolute atomic E-state index is 0.0434. The van der Waals surface area contributed by atoms with E-state index < -0.39 is 15.8 Å². The maximum Gasteiger partial charge on any atom is 0.354 e. The van der Waals surface area contributed by atoms with Gasteiger partial charge in [0.15, 0.2) is 0 Å². The van der Waals surface area contributed by atoms with E-state index in [9.17, 15) is 13.2 Å². The lowest BCUT2D eigenvalue weighted by molar-refractivity contribution is 0.0690. The van der Waals surface area contributed by atoms with Crippen LogP contribution in [0.15, 0.2) is 18.3 Å². The Hall–Kier alpha value is -1.63. The lowest BCUT2D eigenvalue weighted by Crippen LogP contribution is -2.10. The molecule has 0 saturated heterocycles. The Morgan fingerprint density at radius 1 is 1.53 bits per heavy atom. The van der Waals surface area contributed by atoms with Crippen LogP contribution in [-0.2, 0) is 9.84 Å². The number of aromatic carboxylic acids is 1. The summed E-state index contributed by atoms with van der Waals surface area (Å²) in [6, 6.07) is 3.04. The molecule has 6 nitrogen and oxygen atoms in total. The third-order valence-corrected chi connectivity index (χ3v) is 3.03. The molecule has 1 aromatic heterocycles. The van der Waals surface area contributed by atoms with Gasteiger partial charge in [-0.1, -0.05) is 0 Å². The lowest BCUT2D eigenvalue weighted by Gasteiger charge is -2.05. The molecule has 1 heterocycles. The molecule has 17 heavy (non-hydrogen) atoms. The van der Waals surface area contributed by atoms with Crippen LogP contribution < -0.4 is 5.32 Å². The van der Waals surface area contributed by atoms with Gasteiger partial charge in [-0.05, 0) is 18.6 Å². The predicted molar refractivity (Wildman–Crippen MR) is 64.0 cm³/mol. The number of carboxylic acid groups (broad SMARTS) is 1. The van der Waals surface area contributed by atoms with Crippen molar-refractivity contribution in [3.8, 4) is 0 Å². The molecule has 0 bridgehead atoms. The number of hydrogen-bond donors (Lipinski definition) is 2. The monoisotopic (exact) mass is 258 g/mol. The van der Waals surface area contributed by atoms with Gasteiger partial charge >= 0.3 is 5.97 Å². The number of sulfone groups is 1. The van der Waals surface area contributed by atoms with Crippen LogP contribution in [-0.4, -0.2) is 43.0 Å². The van der Waals surface area contributed by atoms with Crippen molar-refractivity contribution in [3.05, 3.63) is 24.0 Å². The Labute approximate surface area is 99.6 Å². The molecular weight excluding hydrogens is 244 g/mol. The number of hydrogen-bond acceptors (Lipinski definition) is 5. The van der Waals surface area contributed by atoms with Crippen molar-refractivity contribution in [3.63, 3.8) is 0 Å².